The number of aliphatic carboxylic acids is 2. The van der Waals surface area contributed by atoms with Crippen molar-refractivity contribution in [2.75, 3.05) is 14.1 Å². The van der Waals surface area contributed by atoms with Crippen LogP contribution in [0.3, 0.4) is 0 Å². The first-order valence-corrected chi connectivity index (χ1v) is 16.2. The van der Waals surface area contributed by atoms with Gasteiger partial charge in [-0.1, -0.05) is 72.8 Å². The van der Waals surface area contributed by atoms with Crippen LogP contribution in [0.2, 0.25) is 0 Å². The number of hydrogen-bond acceptors (Lipinski definition) is 3. The van der Waals surface area contributed by atoms with Gasteiger partial charge in [0.05, 0.1) is 0 Å². The van der Waals surface area contributed by atoms with Crippen molar-refractivity contribution >= 4 is 39.3 Å². The fraction of sp³-hybridized carbons (Fsp3) is 0.333. The van der Waals surface area contributed by atoms with Crippen LogP contribution in [-0.2, 0) is 28.9 Å². The number of aromatic amines is 2. The first-order chi connectivity index (χ1) is 22.3. The van der Waals surface area contributed by atoms with Crippen LogP contribution < -0.4 is 0 Å². The quantitative estimate of drug-likeness (QED) is 0.112. The van der Waals surface area contributed by atoms with Crippen molar-refractivity contribution in [3.63, 3.8) is 0 Å². The van der Waals surface area contributed by atoms with Gasteiger partial charge in [0.2, 0.25) is 0 Å². The minimum atomic E-state index is -0.727. The van der Waals surface area contributed by atoms with E-state index in [1.807, 2.05) is 24.4 Å². The number of benzene rings is 3. The van der Waals surface area contributed by atoms with E-state index in [2.05, 4.69) is 95.7 Å². The van der Waals surface area contributed by atoms with Gasteiger partial charge >= 0.3 is 11.9 Å². The predicted molar refractivity (Wildman–Crippen MR) is 186 cm³/mol. The highest BCUT2D eigenvalue weighted by Gasteiger charge is 2.35. The van der Waals surface area contributed by atoms with Gasteiger partial charge in [0.1, 0.15) is 0 Å². The number of H-pyrrole nitrogens is 2. The molecule has 0 amide bonds. The second-order valence-corrected chi connectivity index (χ2v) is 12.6. The molecule has 1 aliphatic rings. The second kappa shape index (κ2) is 15.1. The number of carbonyl (C=O) groups is 2. The Kier molecular flexibility index (Phi) is 10.8. The van der Waals surface area contributed by atoms with Crippen LogP contribution >= 0.6 is 0 Å². The van der Waals surface area contributed by atoms with E-state index < -0.39 is 11.9 Å². The Bertz CT molecular complexity index is 1800. The van der Waals surface area contributed by atoms with Gasteiger partial charge in [0.15, 0.2) is 0 Å². The molecule has 0 fully saturated rings. The summed E-state index contributed by atoms with van der Waals surface area (Å²) in [7, 11) is 4.39. The van der Waals surface area contributed by atoms with Crippen molar-refractivity contribution in [3.8, 4) is 0 Å². The Labute approximate surface area is 271 Å². The Morgan fingerprint density at radius 2 is 1.43 bits per heavy atom. The van der Waals surface area contributed by atoms with Crippen molar-refractivity contribution in [1.29, 1.82) is 0 Å². The van der Waals surface area contributed by atoms with E-state index in [1.165, 1.54) is 38.7 Å². The number of carboxylic acids is 2. The average Bonchev–Trinajstić information content (AvgIpc) is 3.63. The summed E-state index contributed by atoms with van der Waals surface area (Å²) in [4.78, 5) is 30.6. The lowest BCUT2D eigenvalue weighted by atomic mass is 9.76. The Hall–Kier alpha value is -4.62. The summed E-state index contributed by atoms with van der Waals surface area (Å²) in [5.41, 5.74) is 8.80. The maximum Gasteiger partial charge on any atom is 0.303 e. The zero-order chi connectivity index (χ0) is 32.5. The maximum absolute atomic E-state index is 11.0. The van der Waals surface area contributed by atoms with Crippen molar-refractivity contribution in [1.82, 2.24) is 14.9 Å². The zero-order valence-corrected chi connectivity index (χ0v) is 26.9. The van der Waals surface area contributed by atoms with E-state index in [0.717, 1.165) is 49.6 Å². The molecule has 240 valence electrons. The maximum atomic E-state index is 11.0. The molecule has 4 N–H and O–H groups in total. The summed E-state index contributed by atoms with van der Waals surface area (Å²) in [5.74, 6) is -1.45. The van der Waals surface area contributed by atoms with Gasteiger partial charge in [-0.25, -0.2) is 0 Å². The van der Waals surface area contributed by atoms with Gasteiger partial charge in [0, 0.05) is 52.1 Å². The number of aryl methyl sites for hydroxylation is 2. The number of hydrogen-bond donors (Lipinski definition) is 4. The zero-order valence-electron chi connectivity index (χ0n) is 26.9. The van der Waals surface area contributed by atoms with E-state index in [9.17, 15) is 9.59 Å². The summed E-state index contributed by atoms with van der Waals surface area (Å²) >= 11 is 0. The molecule has 46 heavy (non-hydrogen) atoms. The molecule has 6 rings (SSSR count). The molecule has 0 saturated carbocycles. The van der Waals surface area contributed by atoms with Gasteiger partial charge in [-0.15, -0.1) is 0 Å². The molecule has 0 spiro atoms. The lowest BCUT2D eigenvalue weighted by molar-refractivity contribution is -0.138. The van der Waals surface area contributed by atoms with E-state index in [-0.39, 0.29) is 18.4 Å². The summed E-state index contributed by atoms with van der Waals surface area (Å²) in [6.45, 7) is 0. The molecule has 0 radical (unpaired) electrons. The van der Waals surface area contributed by atoms with Crippen LogP contribution in [0.4, 0.5) is 0 Å². The molecule has 7 heteroatoms. The lowest BCUT2D eigenvalue weighted by Gasteiger charge is -2.42. The molecule has 1 unspecified atom stereocenters. The molecule has 3 aromatic carbocycles. The van der Waals surface area contributed by atoms with Crippen LogP contribution in [0, 0.1) is 0 Å². The van der Waals surface area contributed by atoms with Gasteiger partial charge in [0.25, 0.3) is 0 Å². The van der Waals surface area contributed by atoms with E-state index >= 15 is 0 Å². The van der Waals surface area contributed by atoms with Gasteiger partial charge < -0.3 is 25.1 Å². The number of aromatic nitrogens is 2. The fourth-order valence-corrected chi connectivity index (χ4v) is 6.73. The molecule has 5 aromatic rings. The van der Waals surface area contributed by atoms with Crippen LogP contribution in [-0.4, -0.2) is 56.7 Å². The van der Waals surface area contributed by atoms with Gasteiger partial charge in [-0.3, -0.25) is 9.59 Å². The molecule has 7 nitrogen and oxygen atoms in total. The van der Waals surface area contributed by atoms with Crippen molar-refractivity contribution < 1.29 is 19.8 Å². The number of likely N-dealkylation sites (N-methyl/N-ethyl adjacent to an activating group) is 1. The first-order valence-electron chi connectivity index (χ1n) is 16.2. The van der Waals surface area contributed by atoms with Gasteiger partial charge in [-0.2, -0.15) is 0 Å². The number of rotatable bonds is 12. The number of nitrogens with zero attached hydrogens (tertiary/aromatic N) is 1. The minimum absolute atomic E-state index is 0.125. The largest absolute Gasteiger partial charge is 0.481 e. The number of carboxylic acid groups (broad SMARTS) is 2. The number of fused-ring (bicyclic) bond motifs is 2. The van der Waals surface area contributed by atoms with Crippen LogP contribution in [0.15, 0.2) is 91.1 Å². The minimum Gasteiger partial charge on any atom is -0.481 e. The molecule has 0 saturated heterocycles. The number of nitrogens with one attached hydrogen (secondary N) is 2. The third-order valence-corrected chi connectivity index (χ3v) is 9.38. The van der Waals surface area contributed by atoms with Crippen molar-refractivity contribution in [2.24, 2.45) is 0 Å². The Morgan fingerprint density at radius 3 is 2.09 bits per heavy atom. The van der Waals surface area contributed by atoms with Crippen molar-refractivity contribution in [3.05, 3.63) is 114 Å². The van der Waals surface area contributed by atoms with E-state index in [0.29, 0.717) is 12.8 Å². The topological polar surface area (TPSA) is 109 Å². The third kappa shape index (κ3) is 7.96. The van der Waals surface area contributed by atoms with E-state index in [4.69, 9.17) is 10.2 Å². The highest BCUT2D eigenvalue weighted by molar-refractivity contribution is 5.89. The molecule has 2 heterocycles. The fourth-order valence-electron chi connectivity index (χ4n) is 6.73. The highest BCUT2D eigenvalue weighted by Crippen LogP contribution is 2.40. The van der Waals surface area contributed by atoms with Crippen LogP contribution in [0.25, 0.3) is 27.4 Å². The number of allylic oxidation sites excluding steroid dienone is 1. The lowest BCUT2D eigenvalue weighted by Crippen LogP contribution is -2.47. The molecule has 0 aliphatic heterocycles. The normalized spacial score (nSPS) is 16.3. The third-order valence-electron chi connectivity index (χ3n) is 9.38. The molecular weight excluding hydrogens is 574 g/mol. The molecule has 2 aromatic heterocycles. The Morgan fingerprint density at radius 1 is 0.804 bits per heavy atom. The second-order valence-electron chi connectivity index (χ2n) is 12.6. The molecule has 1 aliphatic carbocycles. The van der Waals surface area contributed by atoms with Crippen molar-refractivity contribution in [2.45, 2.75) is 69.7 Å². The summed E-state index contributed by atoms with van der Waals surface area (Å²) in [6, 6.07) is 27.2. The molecule has 0 bridgehead atoms. The summed E-state index contributed by atoms with van der Waals surface area (Å²) in [5, 5.41) is 20.0. The van der Waals surface area contributed by atoms with Crippen LogP contribution in [0.1, 0.15) is 67.3 Å². The first kappa shape index (κ1) is 32.8. The summed E-state index contributed by atoms with van der Waals surface area (Å²) < 4.78 is 0. The van der Waals surface area contributed by atoms with Crippen LogP contribution in [0.5, 0.6) is 0 Å². The van der Waals surface area contributed by atoms with Gasteiger partial charge in [-0.05, 0) is 99.9 Å². The SMILES string of the molecule is CN(C)C1(Cc2ccccc2)CC=C(c2[nH]c3ccccc3c2CCCC(=O)O)CC1.O=C(O)CCCc1c[nH]c2ccccc12. The summed E-state index contributed by atoms with van der Waals surface area (Å²) in [6.07, 6.45) is 11.9. The predicted octanol–water partition coefficient (Wildman–Crippen LogP) is 8.26. The standard InChI is InChI=1S/C27H32N2O2.C12H13NO2/c1-29(2)27(19-20-9-4-3-5-10-20)17-15-21(16-18-27)26-23(12-8-14-25(30)31)22-11-6-7-13-24(22)28-26;14-12(15)7-3-4-9-8-13-11-6-2-1-5-10(9)11/h3-7,9-11,13,15,28H,8,12,14,16-19H2,1-2H3,(H,30,31);1-2,5-6,8,13H,3-4,7H2,(H,14,15). The average molecular weight is 620 g/mol. The molecule has 1 atom stereocenters. The molecular formula is C39H45N3O4. The monoisotopic (exact) mass is 619 g/mol. The van der Waals surface area contributed by atoms with E-state index in [1.54, 1.807) is 0 Å². The highest BCUT2D eigenvalue weighted by atomic mass is 16.4. The smallest absolute Gasteiger partial charge is 0.303 e. The number of para-hydroxylation sites is 2. The Balaban J connectivity index is 0.000000232.